The van der Waals surface area contributed by atoms with Gasteiger partial charge in [0.2, 0.25) is 5.79 Å². The molecule has 1 aromatic rings. The van der Waals surface area contributed by atoms with Gasteiger partial charge in [0.25, 0.3) is 0 Å². The van der Waals surface area contributed by atoms with E-state index in [2.05, 4.69) is 6.58 Å². The highest BCUT2D eigenvalue weighted by Crippen LogP contribution is 2.30. The highest BCUT2D eigenvalue weighted by Gasteiger charge is 2.37. The number of ether oxygens (including phenoxy) is 2. The minimum Gasteiger partial charge on any atom is -0.511 e. The van der Waals surface area contributed by atoms with Crippen LogP contribution in [0.25, 0.3) is 0 Å². The Morgan fingerprint density at radius 2 is 1.90 bits per heavy atom. The predicted molar refractivity (Wildman–Crippen MR) is 74.8 cm³/mol. The second-order valence-corrected chi connectivity index (χ2v) is 5.12. The van der Waals surface area contributed by atoms with E-state index in [0.717, 1.165) is 5.56 Å². The van der Waals surface area contributed by atoms with Crippen molar-refractivity contribution in [2.75, 3.05) is 0 Å². The number of benzene rings is 1. The molecule has 1 heterocycles. The van der Waals surface area contributed by atoms with Gasteiger partial charge >= 0.3 is 5.97 Å². The van der Waals surface area contributed by atoms with Crippen molar-refractivity contribution in [2.45, 2.75) is 32.5 Å². The van der Waals surface area contributed by atoms with Crippen LogP contribution in [0.5, 0.6) is 0 Å². The van der Waals surface area contributed by atoms with E-state index in [1.54, 1.807) is 13.8 Å². The molecule has 0 aliphatic carbocycles. The van der Waals surface area contributed by atoms with Crippen molar-refractivity contribution in [1.29, 1.82) is 0 Å². The van der Waals surface area contributed by atoms with Crippen LogP contribution >= 0.6 is 0 Å². The Hall–Kier alpha value is -2.23. The largest absolute Gasteiger partial charge is 0.511 e. The van der Waals surface area contributed by atoms with Gasteiger partial charge in [-0.3, -0.25) is 0 Å². The van der Waals surface area contributed by atoms with Gasteiger partial charge in [-0.15, -0.1) is 0 Å². The number of hydrogen-bond acceptors (Lipinski definition) is 4. The summed E-state index contributed by atoms with van der Waals surface area (Å²) in [7, 11) is 0. The number of aliphatic hydroxyl groups excluding tert-OH is 1. The molecule has 4 nitrogen and oxygen atoms in total. The third-order valence-electron chi connectivity index (χ3n) is 2.97. The molecule has 106 valence electrons. The molecular formula is C16H18O4. The Morgan fingerprint density at radius 3 is 2.50 bits per heavy atom. The molecule has 0 spiro atoms. The number of aryl methyl sites for hydroxylation is 1. The first kappa shape index (κ1) is 14.2. The van der Waals surface area contributed by atoms with Crippen molar-refractivity contribution >= 4 is 5.97 Å². The molecule has 1 aliphatic rings. The Balaban J connectivity index is 2.11. The Morgan fingerprint density at radius 1 is 1.25 bits per heavy atom. The average molecular weight is 274 g/mol. The maximum Gasteiger partial charge on any atom is 0.348 e. The standard InChI is InChI=1S/C16H18O4/c1-11-14(15(18)20-16(2,3)19-11)13(17)10-9-12-7-5-4-6-8-12/h4-8,17H,1,9-10H2,2-3H3/b14-13+. The zero-order chi connectivity index (χ0) is 14.8. The maximum absolute atomic E-state index is 11.9. The van der Waals surface area contributed by atoms with Crippen LogP contribution in [0.1, 0.15) is 25.8 Å². The summed E-state index contributed by atoms with van der Waals surface area (Å²) in [5, 5.41) is 10.1. The van der Waals surface area contributed by atoms with Crippen LogP contribution in [0.2, 0.25) is 0 Å². The van der Waals surface area contributed by atoms with E-state index in [0.29, 0.717) is 12.8 Å². The molecule has 0 unspecified atom stereocenters. The number of esters is 1. The summed E-state index contributed by atoms with van der Waals surface area (Å²) in [6, 6.07) is 9.72. The zero-order valence-electron chi connectivity index (χ0n) is 11.7. The zero-order valence-corrected chi connectivity index (χ0v) is 11.7. The van der Waals surface area contributed by atoms with Gasteiger partial charge in [0.05, 0.1) is 0 Å². The Kier molecular flexibility index (Phi) is 3.84. The van der Waals surface area contributed by atoms with E-state index in [-0.39, 0.29) is 17.1 Å². The van der Waals surface area contributed by atoms with Gasteiger partial charge in [-0.05, 0) is 12.0 Å². The molecule has 4 heteroatoms. The summed E-state index contributed by atoms with van der Waals surface area (Å²) >= 11 is 0. The first-order chi connectivity index (χ1) is 9.39. The molecule has 0 atom stereocenters. The van der Waals surface area contributed by atoms with Crippen molar-refractivity contribution in [3.8, 4) is 0 Å². The lowest BCUT2D eigenvalue weighted by Crippen LogP contribution is -2.38. The predicted octanol–water partition coefficient (Wildman–Crippen LogP) is 3.25. The topological polar surface area (TPSA) is 55.8 Å². The summed E-state index contributed by atoms with van der Waals surface area (Å²) in [5.74, 6) is -1.55. The Labute approximate surface area is 118 Å². The van der Waals surface area contributed by atoms with Gasteiger partial charge in [0, 0.05) is 20.3 Å². The van der Waals surface area contributed by atoms with Gasteiger partial charge in [-0.1, -0.05) is 36.9 Å². The van der Waals surface area contributed by atoms with Crippen LogP contribution in [-0.4, -0.2) is 16.9 Å². The van der Waals surface area contributed by atoms with E-state index >= 15 is 0 Å². The van der Waals surface area contributed by atoms with Crippen LogP contribution in [0.3, 0.4) is 0 Å². The minimum absolute atomic E-state index is 0.0280. The molecule has 1 aromatic carbocycles. The first-order valence-electron chi connectivity index (χ1n) is 6.47. The van der Waals surface area contributed by atoms with Gasteiger partial charge in [-0.25, -0.2) is 4.79 Å². The molecule has 1 aliphatic heterocycles. The van der Waals surface area contributed by atoms with Crippen molar-refractivity contribution < 1.29 is 19.4 Å². The number of hydrogen-bond donors (Lipinski definition) is 1. The molecule has 0 radical (unpaired) electrons. The number of aliphatic hydroxyl groups is 1. The number of cyclic esters (lactones) is 1. The van der Waals surface area contributed by atoms with Gasteiger partial charge < -0.3 is 14.6 Å². The molecule has 0 amide bonds. The molecule has 2 rings (SSSR count). The summed E-state index contributed by atoms with van der Waals surface area (Å²) in [4.78, 5) is 11.9. The van der Waals surface area contributed by atoms with Gasteiger partial charge in [-0.2, -0.15) is 0 Å². The van der Waals surface area contributed by atoms with E-state index in [4.69, 9.17) is 9.47 Å². The molecule has 1 N–H and O–H groups in total. The maximum atomic E-state index is 11.9. The Bertz CT molecular complexity index is 533. The SMILES string of the molecule is C=C1OC(C)(C)OC(=O)/C1=C(/O)CCc1ccccc1. The van der Waals surface area contributed by atoms with Crippen molar-refractivity contribution in [3.63, 3.8) is 0 Å². The second-order valence-electron chi connectivity index (χ2n) is 5.12. The first-order valence-corrected chi connectivity index (χ1v) is 6.47. The fourth-order valence-corrected chi connectivity index (χ4v) is 2.07. The second kappa shape index (κ2) is 5.41. The average Bonchev–Trinajstić information content (AvgIpc) is 2.35. The van der Waals surface area contributed by atoms with Crippen molar-refractivity contribution in [1.82, 2.24) is 0 Å². The number of allylic oxidation sites excluding steroid dienone is 1. The van der Waals surface area contributed by atoms with E-state index in [1.165, 1.54) is 0 Å². The minimum atomic E-state index is -1.04. The highest BCUT2D eigenvalue weighted by atomic mass is 16.7. The van der Waals surface area contributed by atoms with Crippen LogP contribution in [0, 0.1) is 0 Å². The summed E-state index contributed by atoms with van der Waals surface area (Å²) in [5.41, 5.74) is 1.11. The lowest BCUT2D eigenvalue weighted by Gasteiger charge is -2.33. The molecule has 0 bridgehead atoms. The quantitative estimate of drug-likeness (QED) is 0.522. The van der Waals surface area contributed by atoms with Gasteiger partial charge in [0.15, 0.2) is 0 Å². The monoisotopic (exact) mass is 274 g/mol. The number of carbonyl (C=O) groups excluding carboxylic acids is 1. The lowest BCUT2D eigenvalue weighted by atomic mass is 10.0. The van der Waals surface area contributed by atoms with Crippen LogP contribution < -0.4 is 0 Å². The van der Waals surface area contributed by atoms with Gasteiger partial charge in [0.1, 0.15) is 17.1 Å². The lowest BCUT2D eigenvalue weighted by molar-refractivity contribution is -0.208. The van der Waals surface area contributed by atoms with Crippen molar-refractivity contribution in [2.24, 2.45) is 0 Å². The highest BCUT2D eigenvalue weighted by molar-refractivity contribution is 5.94. The smallest absolute Gasteiger partial charge is 0.348 e. The number of rotatable bonds is 3. The molecule has 0 saturated carbocycles. The van der Waals surface area contributed by atoms with E-state index in [1.807, 2.05) is 30.3 Å². The fourth-order valence-electron chi connectivity index (χ4n) is 2.07. The summed E-state index contributed by atoms with van der Waals surface area (Å²) < 4.78 is 10.5. The molecule has 1 saturated heterocycles. The molecule has 1 fully saturated rings. The third-order valence-corrected chi connectivity index (χ3v) is 2.97. The molecular weight excluding hydrogens is 256 g/mol. The number of carbonyl (C=O) groups is 1. The molecule has 20 heavy (non-hydrogen) atoms. The van der Waals surface area contributed by atoms with Crippen LogP contribution in [-0.2, 0) is 20.7 Å². The fraction of sp³-hybridized carbons (Fsp3) is 0.312. The van der Waals surface area contributed by atoms with Crippen molar-refractivity contribution in [3.05, 3.63) is 59.6 Å². The van der Waals surface area contributed by atoms with E-state index < -0.39 is 11.8 Å². The van der Waals surface area contributed by atoms with Crippen LogP contribution in [0.15, 0.2) is 54.0 Å². The van der Waals surface area contributed by atoms with Crippen LogP contribution in [0.4, 0.5) is 0 Å². The van der Waals surface area contributed by atoms with E-state index in [9.17, 15) is 9.90 Å². The third kappa shape index (κ3) is 3.20. The molecule has 0 aromatic heterocycles. The summed E-state index contributed by atoms with van der Waals surface area (Å²) in [6.07, 6.45) is 0.956. The summed E-state index contributed by atoms with van der Waals surface area (Å²) in [6.45, 7) is 6.91. The normalized spacial score (nSPS) is 20.1.